The van der Waals surface area contributed by atoms with Crippen LogP contribution in [0.2, 0.25) is 0 Å². The van der Waals surface area contributed by atoms with Crippen LogP contribution in [-0.2, 0) is 10.0 Å². The highest BCUT2D eigenvalue weighted by atomic mass is 32.2. The van der Waals surface area contributed by atoms with Gasteiger partial charge in [-0.05, 0) is 50.8 Å². The predicted molar refractivity (Wildman–Crippen MR) is 78.8 cm³/mol. The van der Waals surface area contributed by atoms with Gasteiger partial charge in [-0.3, -0.25) is 0 Å². The lowest BCUT2D eigenvalue weighted by Crippen LogP contribution is -2.34. The Bertz CT molecular complexity index is 596. The van der Waals surface area contributed by atoms with E-state index in [-0.39, 0.29) is 4.90 Å². The topological polar surface area (TPSA) is 83.6 Å². The van der Waals surface area contributed by atoms with Crippen LogP contribution in [0.4, 0.5) is 5.69 Å². The van der Waals surface area contributed by atoms with Gasteiger partial charge in [0.25, 0.3) is 0 Å². The Hall–Kier alpha value is -1.11. The number of nitrogen functional groups attached to an aromatic ring is 1. The largest absolute Gasteiger partial charge is 0.398 e. The van der Waals surface area contributed by atoms with Crippen molar-refractivity contribution >= 4 is 15.7 Å². The molecule has 1 unspecified atom stereocenters. The van der Waals surface area contributed by atoms with Crippen LogP contribution in [0.1, 0.15) is 31.7 Å². The van der Waals surface area contributed by atoms with Gasteiger partial charge in [-0.1, -0.05) is 6.07 Å². The lowest BCUT2D eigenvalue weighted by Gasteiger charge is -2.23. The number of sulfonamides is 1. The normalized spacial score (nSPS) is 25.4. The molecule has 1 aliphatic rings. The number of benzene rings is 1. The van der Waals surface area contributed by atoms with Crippen LogP contribution in [-0.4, -0.2) is 36.5 Å². The molecule has 5 nitrogen and oxygen atoms in total. The molecule has 3 N–H and O–H groups in total. The summed E-state index contributed by atoms with van der Waals surface area (Å²) in [4.78, 5) is 0.263. The van der Waals surface area contributed by atoms with Crippen molar-refractivity contribution in [2.75, 3.05) is 18.8 Å². The third-order valence-corrected chi connectivity index (χ3v) is 6.01. The molecule has 1 heterocycles. The quantitative estimate of drug-likeness (QED) is 0.811. The molecule has 2 rings (SSSR count). The van der Waals surface area contributed by atoms with Crippen molar-refractivity contribution in [3.63, 3.8) is 0 Å². The molecule has 112 valence electrons. The highest BCUT2D eigenvalue weighted by Crippen LogP contribution is 2.28. The number of nitrogens with zero attached hydrogens (tertiary/aromatic N) is 1. The second-order valence-electron chi connectivity index (χ2n) is 5.72. The first kappa shape index (κ1) is 15.3. The first-order valence-electron chi connectivity index (χ1n) is 6.82. The zero-order valence-electron chi connectivity index (χ0n) is 12.0. The summed E-state index contributed by atoms with van der Waals surface area (Å²) < 4.78 is 26.9. The molecule has 1 aromatic carbocycles. The van der Waals surface area contributed by atoms with E-state index in [0.717, 1.165) is 0 Å². The van der Waals surface area contributed by atoms with E-state index < -0.39 is 15.6 Å². The van der Waals surface area contributed by atoms with Crippen LogP contribution in [0.25, 0.3) is 0 Å². The van der Waals surface area contributed by atoms with Gasteiger partial charge in [0.05, 0.1) is 10.5 Å². The minimum absolute atomic E-state index is 0.263. The summed E-state index contributed by atoms with van der Waals surface area (Å²) in [5.74, 6) is 0. The standard InChI is InChI=1S/C14H22N2O3S/c1-11-12(15)5-3-6-13(11)20(18,19)16-9-4-7-14(2,17)8-10-16/h3,5-6,17H,4,7-10,15H2,1-2H3. The molecule has 1 atom stereocenters. The minimum Gasteiger partial charge on any atom is -0.398 e. The SMILES string of the molecule is Cc1c(N)cccc1S(=O)(=O)N1CCCC(C)(O)CC1. The number of rotatable bonds is 2. The lowest BCUT2D eigenvalue weighted by atomic mass is 9.98. The zero-order valence-corrected chi connectivity index (χ0v) is 12.8. The molecule has 0 spiro atoms. The predicted octanol–water partition coefficient (Wildman–Crippen LogP) is 1.50. The molecule has 0 amide bonds. The summed E-state index contributed by atoms with van der Waals surface area (Å²) in [5, 5.41) is 10.1. The number of hydrogen-bond donors (Lipinski definition) is 2. The highest BCUT2D eigenvalue weighted by Gasteiger charge is 2.32. The molecular formula is C14H22N2O3S. The molecule has 1 aliphatic heterocycles. The molecule has 1 saturated heterocycles. The van der Waals surface area contributed by atoms with E-state index in [1.54, 1.807) is 32.0 Å². The number of anilines is 1. The maximum absolute atomic E-state index is 12.7. The Morgan fingerprint density at radius 1 is 1.30 bits per heavy atom. The van der Waals surface area contributed by atoms with Crippen LogP contribution < -0.4 is 5.73 Å². The first-order valence-corrected chi connectivity index (χ1v) is 8.26. The van der Waals surface area contributed by atoms with Crippen molar-refractivity contribution in [1.29, 1.82) is 0 Å². The highest BCUT2D eigenvalue weighted by molar-refractivity contribution is 7.89. The molecule has 6 heteroatoms. The van der Waals surface area contributed by atoms with Gasteiger partial charge in [0.1, 0.15) is 0 Å². The second-order valence-corrected chi connectivity index (χ2v) is 7.63. The van der Waals surface area contributed by atoms with E-state index in [9.17, 15) is 13.5 Å². The van der Waals surface area contributed by atoms with E-state index in [2.05, 4.69) is 0 Å². The Morgan fingerprint density at radius 3 is 2.70 bits per heavy atom. The van der Waals surface area contributed by atoms with Gasteiger partial charge in [-0.2, -0.15) is 4.31 Å². The smallest absolute Gasteiger partial charge is 0.243 e. The molecule has 0 bridgehead atoms. The molecular weight excluding hydrogens is 276 g/mol. The molecule has 0 radical (unpaired) electrons. The Balaban J connectivity index is 2.33. The fourth-order valence-electron chi connectivity index (χ4n) is 2.53. The number of hydrogen-bond acceptors (Lipinski definition) is 4. The summed E-state index contributed by atoms with van der Waals surface area (Å²) in [7, 11) is -3.55. The van der Waals surface area contributed by atoms with Gasteiger partial charge >= 0.3 is 0 Å². The zero-order chi connectivity index (χ0) is 15.0. The summed E-state index contributed by atoms with van der Waals surface area (Å²) in [6, 6.07) is 4.94. The number of aliphatic hydroxyl groups is 1. The average Bonchev–Trinajstić information content (AvgIpc) is 2.54. The van der Waals surface area contributed by atoms with Crippen molar-refractivity contribution in [1.82, 2.24) is 4.31 Å². The molecule has 1 fully saturated rings. The van der Waals surface area contributed by atoms with Gasteiger partial charge < -0.3 is 10.8 Å². The molecule has 1 aromatic rings. The van der Waals surface area contributed by atoms with E-state index in [0.29, 0.717) is 43.6 Å². The third-order valence-electron chi connectivity index (χ3n) is 3.97. The first-order chi connectivity index (χ1) is 9.24. The van der Waals surface area contributed by atoms with Gasteiger partial charge in [0.2, 0.25) is 10.0 Å². The summed E-state index contributed by atoms with van der Waals surface area (Å²) in [5.41, 5.74) is 6.08. The maximum Gasteiger partial charge on any atom is 0.243 e. The van der Waals surface area contributed by atoms with Crippen molar-refractivity contribution in [2.24, 2.45) is 0 Å². The van der Waals surface area contributed by atoms with Crippen molar-refractivity contribution in [3.8, 4) is 0 Å². The molecule has 20 heavy (non-hydrogen) atoms. The fraction of sp³-hybridized carbons (Fsp3) is 0.571. The summed E-state index contributed by atoms with van der Waals surface area (Å²) in [6.45, 7) is 4.25. The minimum atomic E-state index is -3.55. The van der Waals surface area contributed by atoms with Crippen LogP contribution >= 0.6 is 0 Å². The van der Waals surface area contributed by atoms with Crippen LogP contribution in [0, 0.1) is 6.92 Å². The van der Waals surface area contributed by atoms with Gasteiger partial charge in [0, 0.05) is 18.8 Å². The van der Waals surface area contributed by atoms with E-state index in [4.69, 9.17) is 5.73 Å². The third kappa shape index (κ3) is 2.97. The van der Waals surface area contributed by atoms with Gasteiger partial charge in [-0.25, -0.2) is 8.42 Å². The summed E-state index contributed by atoms with van der Waals surface area (Å²) >= 11 is 0. The Kier molecular flexibility index (Phi) is 4.09. The monoisotopic (exact) mass is 298 g/mol. The lowest BCUT2D eigenvalue weighted by molar-refractivity contribution is 0.0465. The average molecular weight is 298 g/mol. The van der Waals surface area contributed by atoms with Gasteiger partial charge in [0.15, 0.2) is 0 Å². The van der Waals surface area contributed by atoms with Crippen molar-refractivity contribution < 1.29 is 13.5 Å². The second kappa shape index (κ2) is 5.35. The summed E-state index contributed by atoms with van der Waals surface area (Å²) in [6.07, 6.45) is 1.73. The number of nitrogens with two attached hydrogens (primary N) is 1. The van der Waals surface area contributed by atoms with E-state index in [1.807, 2.05) is 0 Å². The van der Waals surface area contributed by atoms with Crippen LogP contribution in [0.3, 0.4) is 0 Å². The Labute approximate surface area is 120 Å². The molecule has 0 aliphatic carbocycles. The van der Waals surface area contributed by atoms with Crippen molar-refractivity contribution in [3.05, 3.63) is 23.8 Å². The van der Waals surface area contributed by atoms with E-state index >= 15 is 0 Å². The maximum atomic E-state index is 12.7. The molecule has 0 aromatic heterocycles. The van der Waals surface area contributed by atoms with E-state index in [1.165, 1.54) is 4.31 Å². The van der Waals surface area contributed by atoms with Crippen LogP contribution in [0.15, 0.2) is 23.1 Å². The van der Waals surface area contributed by atoms with Gasteiger partial charge in [-0.15, -0.1) is 0 Å². The fourth-order valence-corrected chi connectivity index (χ4v) is 4.26. The molecule has 0 saturated carbocycles. The Morgan fingerprint density at radius 2 is 2.00 bits per heavy atom. The van der Waals surface area contributed by atoms with Crippen LogP contribution in [0.5, 0.6) is 0 Å². The van der Waals surface area contributed by atoms with Crippen molar-refractivity contribution in [2.45, 2.75) is 43.6 Å².